The zero-order valence-electron chi connectivity index (χ0n) is 14.9. The van der Waals surface area contributed by atoms with Gasteiger partial charge in [-0.3, -0.25) is 9.59 Å². The summed E-state index contributed by atoms with van der Waals surface area (Å²) in [6.45, 7) is -0.494. The number of aromatic nitrogens is 2. The van der Waals surface area contributed by atoms with Gasteiger partial charge in [-0.15, -0.1) is 10.2 Å². The van der Waals surface area contributed by atoms with Crippen LogP contribution in [0.4, 0.5) is 20.2 Å². The third-order valence-corrected chi connectivity index (χ3v) is 4.39. The van der Waals surface area contributed by atoms with E-state index in [4.69, 9.17) is 9.84 Å². The highest BCUT2D eigenvalue weighted by Crippen LogP contribution is 2.19. The number of rotatable bonds is 7. The summed E-state index contributed by atoms with van der Waals surface area (Å²) in [4.78, 5) is 34.9. The van der Waals surface area contributed by atoms with Gasteiger partial charge < -0.3 is 20.5 Å². The maximum Gasteiger partial charge on any atom is 0.341 e. The number of ether oxygens (including phenoxy) is 1. The second-order valence-electron chi connectivity index (χ2n) is 5.66. The van der Waals surface area contributed by atoms with Gasteiger partial charge in [0, 0.05) is 17.4 Å². The lowest BCUT2D eigenvalue weighted by Crippen LogP contribution is -2.12. The van der Waals surface area contributed by atoms with E-state index in [1.807, 2.05) is 0 Å². The minimum absolute atomic E-state index is 0.0188. The number of hydrogen-bond acceptors (Lipinski definition) is 7. The zero-order valence-corrected chi connectivity index (χ0v) is 15.7. The summed E-state index contributed by atoms with van der Waals surface area (Å²) < 4.78 is 31.1. The molecule has 1 aromatic heterocycles. The summed E-state index contributed by atoms with van der Waals surface area (Å²) in [6, 6.07) is 8.78. The second kappa shape index (κ2) is 9.05. The van der Waals surface area contributed by atoms with Crippen LogP contribution in [0.3, 0.4) is 0 Å². The van der Waals surface area contributed by atoms with E-state index in [1.165, 1.54) is 30.3 Å². The van der Waals surface area contributed by atoms with E-state index in [-0.39, 0.29) is 15.7 Å². The summed E-state index contributed by atoms with van der Waals surface area (Å²) >= 11 is 0.705. The molecule has 2 aromatic carbocycles. The maximum atomic E-state index is 13.2. The fourth-order valence-electron chi connectivity index (χ4n) is 2.13. The second-order valence-corrected chi connectivity index (χ2v) is 6.63. The number of hydrogen-bond donors (Lipinski definition) is 3. The quantitative estimate of drug-likeness (QED) is 0.521. The molecule has 12 heteroatoms. The molecule has 3 rings (SSSR count). The molecule has 0 radical (unpaired) electrons. The van der Waals surface area contributed by atoms with Crippen molar-refractivity contribution in [1.82, 2.24) is 10.2 Å². The molecule has 9 nitrogen and oxygen atoms in total. The molecular weight excluding hydrogens is 422 g/mol. The van der Waals surface area contributed by atoms with Gasteiger partial charge >= 0.3 is 5.97 Å². The summed E-state index contributed by atoms with van der Waals surface area (Å²) in [5.74, 6) is -4.35. The molecule has 0 fully saturated rings. The molecule has 2 amide bonds. The van der Waals surface area contributed by atoms with E-state index in [2.05, 4.69) is 20.8 Å². The number of aliphatic carboxylic acids is 1. The Kier molecular flexibility index (Phi) is 6.27. The molecule has 0 aliphatic carbocycles. The lowest BCUT2D eigenvalue weighted by Gasteiger charge is -2.05. The van der Waals surface area contributed by atoms with Gasteiger partial charge in [0.15, 0.2) is 18.2 Å². The van der Waals surface area contributed by atoms with Crippen LogP contribution in [-0.4, -0.2) is 39.7 Å². The van der Waals surface area contributed by atoms with Crippen LogP contribution in [0.25, 0.3) is 0 Å². The Morgan fingerprint density at radius 2 is 1.47 bits per heavy atom. The van der Waals surface area contributed by atoms with Crippen LogP contribution in [0.1, 0.15) is 19.6 Å². The molecule has 0 unspecified atom stereocenters. The van der Waals surface area contributed by atoms with Crippen molar-refractivity contribution in [3.05, 3.63) is 64.1 Å². The van der Waals surface area contributed by atoms with Crippen LogP contribution >= 0.6 is 11.3 Å². The highest BCUT2D eigenvalue weighted by Gasteiger charge is 2.18. The highest BCUT2D eigenvalue weighted by molar-refractivity contribution is 7.15. The molecular formula is C18H12F2N4O5S. The largest absolute Gasteiger partial charge is 0.482 e. The Bertz CT molecular complexity index is 1100. The Morgan fingerprint density at radius 3 is 2.03 bits per heavy atom. The number of benzene rings is 2. The van der Waals surface area contributed by atoms with E-state index in [0.29, 0.717) is 22.8 Å². The first-order valence-electron chi connectivity index (χ1n) is 8.18. The fourth-order valence-corrected chi connectivity index (χ4v) is 2.76. The van der Waals surface area contributed by atoms with Gasteiger partial charge in [0.05, 0.1) is 0 Å². The van der Waals surface area contributed by atoms with Gasteiger partial charge in [-0.25, -0.2) is 13.6 Å². The van der Waals surface area contributed by atoms with E-state index >= 15 is 0 Å². The van der Waals surface area contributed by atoms with Crippen LogP contribution in [0.2, 0.25) is 0 Å². The van der Waals surface area contributed by atoms with Gasteiger partial charge in [0.2, 0.25) is 10.0 Å². The standard InChI is InChI=1S/C18H12F2N4O5S/c19-12-6-3-10(7-13(12)20)22-16(28)18-24-23-17(30-18)15(27)21-9-1-4-11(5-2-9)29-8-14(25)26/h1-7H,8H2,(H,21,27)(H,22,28)(H,25,26). The molecule has 3 N–H and O–H groups in total. The Morgan fingerprint density at radius 1 is 0.900 bits per heavy atom. The molecule has 3 aromatic rings. The number of amides is 2. The van der Waals surface area contributed by atoms with Gasteiger partial charge in [0.25, 0.3) is 11.8 Å². The summed E-state index contributed by atoms with van der Waals surface area (Å²) in [5, 5.41) is 20.5. The average molecular weight is 434 g/mol. The normalized spacial score (nSPS) is 10.3. The van der Waals surface area contributed by atoms with Gasteiger partial charge in [0.1, 0.15) is 5.75 Å². The van der Waals surface area contributed by atoms with Crippen molar-refractivity contribution in [2.75, 3.05) is 17.2 Å². The van der Waals surface area contributed by atoms with Crippen molar-refractivity contribution in [2.24, 2.45) is 0 Å². The number of anilines is 2. The van der Waals surface area contributed by atoms with E-state index < -0.39 is 36.0 Å². The van der Waals surface area contributed by atoms with Crippen molar-refractivity contribution in [3.63, 3.8) is 0 Å². The SMILES string of the molecule is O=C(O)COc1ccc(NC(=O)c2nnc(C(=O)Nc3ccc(F)c(F)c3)s2)cc1. The van der Waals surface area contributed by atoms with Crippen molar-refractivity contribution < 1.29 is 33.0 Å². The molecule has 0 aliphatic heterocycles. The Hall–Kier alpha value is -3.93. The molecule has 0 atom stereocenters. The van der Waals surface area contributed by atoms with Crippen LogP contribution in [-0.2, 0) is 4.79 Å². The summed E-state index contributed by atoms with van der Waals surface area (Å²) in [6.07, 6.45) is 0. The third-order valence-electron chi connectivity index (χ3n) is 3.47. The predicted molar refractivity (Wildman–Crippen MR) is 102 cm³/mol. The predicted octanol–water partition coefficient (Wildman–Crippen LogP) is 2.78. The van der Waals surface area contributed by atoms with Crippen LogP contribution in [0.5, 0.6) is 5.75 Å². The number of nitrogens with one attached hydrogen (secondary N) is 2. The number of nitrogens with zero attached hydrogens (tertiary/aromatic N) is 2. The summed E-state index contributed by atoms with van der Waals surface area (Å²) in [5.41, 5.74) is 0.399. The van der Waals surface area contributed by atoms with Crippen molar-refractivity contribution in [1.29, 1.82) is 0 Å². The molecule has 154 valence electrons. The topological polar surface area (TPSA) is 131 Å². The number of carboxylic acids is 1. The van der Waals surface area contributed by atoms with Crippen LogP contribution in [0.15, 0.2) is 42.5 Å². The molecule has 0 aliphatic rings. The smallest absolute Gasteiger partial charge is 0.341 e. The Balaban J connectivity index is 1.60. The number of carboxylic acid groups (broad SMARTS) is 1. The van der Waals surface area contributed by atoms with Crippen LogP contribution in [0, 0.1) is 11.6 Å². The van der Waals surface area contributed by atoms with E-state index in [9.17, 15) is 23.2 Å². The number of halogens is 2. The van der Waals surface area contributed by atoms with Crippen molar-refractivity contribution in [3.8, 4) is 5.75 Å². The van der Waals surface area contributed by atoms with Gasteiger partial charge in [-0.1, -0.05) is 11.3 Å². The third kappa shape index (κ3) is 5.32. The molecule has 0 saturated heterocycles. The first-order valence-corrected chi connectivity index (χ1v) is 8.99. The Labute approximate surface area is 171 Å². The van der Waals surface area contributed by atoms with Gasteiger partial charge in [-0.2, -0.15) is 0 Å². The molecule has 0 bridgehead atoms. The van der Waals surface area contributed by atoms with Crippen LogP contribution < -0.4 is 15.4 Å². The fraction of sp³-hybridized carbons (Fsp3) is 0.0556. The minimum atomic E-state index is -1.12. The van der Waals surface area contributed by atoms with Crippen molar-refractivity contribution >= 4 is 40.5 Å². The zero-order chi connectivity index (χ0) is 21.7. The summed E-state index contributed by atoms with van der Waals surface area (Å²) in [7, 11) is 0. The highest BCUT2D eigenvalue weighted by atomic mass is 32.1. The maximum absolute atomic E-state index is 13.2. The molecule has 30 heavy (non-hydrogen) atoms. The molecule has 1 heterocycles. The monoisotopic (exact) mass is 434 g/mol. The minimum Gasteiger partial charge on any atom is -0.482 e. The van der Waals surface area contributed by atoms with E-state index in [0.717, 1.165) is 12.1 Å². The van der Waals surface area contributed by atoms with E-state index in [1.54, 1.807) is 0 Å². The molecule has 0 saturated carbocycles. The number of carbonyl (C=O) groups is 3. The first kappa shape index (κ1) is 20.8. The first-order chi connectivity index (χ1) is 14.3. The lowest BCUT2D eigenvalue weighted by molar-refractivity contribution is -0.139. The van der Waals surface area contributed by atoms with Crippen molar-refractivity contribution in [2.45, 2.75) is 0 Å². The lowest BCUT2D eigenvalue weighted by atomic mass is 10.3. The molecule has 0 spiro atoms. The average Bonchev–Trinajstić information content (AvgIpc) is 3.21. The van der Waals surface area contributed by atoms with Gasteiger partial charge in [-0.05, 0) is 36.4 Å². The number of carbonyl (C=O) groups excluding carboxylic acids is 2.